The van der Waals surface area contributed by atoms with E-state index < -0.39 is 0 Å². The smallest absolute Gasteiger partial charge is 0.0587 e. The zero-order valence-corrected chi connectivity index (χ0v) is 12.3. The summed E-state index contributed by atoms with van der Waals surface area (Å²) in [6.07, 6.45) is 2.32. The number of nitrogens with zero attached hydrogens (tertiary/aromatic N) is 1. The lowest BCUT2D eigenvalue weighted by Crippen LogP contribution is -2.36. The maximum absolute atomic E-state index is 9.30. The van der Waals surface area contributed by atoms with E-state index in [1.165, 1.54) is 17.7 Å². The van der Waals surface area contributed by atoms with Gasteiger partial charge in [-0.3, -0.25) is 0 Å². The first-order chi connectivity index (χ1) is 9.83. The Labute approximate surface area is 121 Å². The molecule has 1 aliphatic rings. The lowest BCUT2D eigenvalue weighted by Gasteiger charge is -2.33. The van der Waals surface area contributed by atoms with Crippen molar-refractivity contribution in [1.29, 1.82) is 0 Å². The summed E-state index contributed by atoms with van der Waals surface area (Å²) in [5.74, 6) is 0.430. The van der Waals surface area contributed by atoms with Crippen molar-refractivity contribution in [1.82, 2.24) is 5.32 Å². The van der Waals surface area contributed by atoms with Crippen LogP contribution in [0, 0.1) is 5.92 Å². The summed E-state index contributed by atoms with van der Waals surface area (Å²) in [5.41, 5.74) is 2.56. The van der Waals surface area contributed by atoms with Gasteiger partial charge in [-0.1, -0.05) is 12.1 Å². The van der Waals surface area contributed by atoms with Crippen molar-refractivity contribution in [3.05, 3.63) is 29.8 Å². The van der Waals surface area contributed by atoms with Crippen LogP contribution < -0.4 is 10.2 Å². The molecule has 0 aromatic heterocycles. The number of nitrogens with one attached hydrogen (secondary N) is 1. The van der Waals surface area contributed by atoms with Crippen LogP contribution in [0.1, 0.15) is 18.4 Å². The van der Waals surface area contributed by atoms with Gasteiger partial charge in [-0.05, 0) is 36.5 Å². The fourth-order valence-corrected chi connectivity index (χ4v) is 2.68. The van der Waals surface area contributed by atoms with Crippen molar-refractivity contribution >= 4 is 5.69 Å². The van der Waals surface area contributed by atoms with Gasteiger partial charge in [-0.15, -0.1) is 0 Å². The second kappa shape index (κ2) is 8.25. The average molecular weight is 278 g/mol. The van der Waals surface area contributed by atoms with E-state index >= 15 is 0 Å². The number of aliphatic hydroxyl groups excluding tert-OH is 1. The van der Waals surface area contributed by atoms with Gasteiger partial charge < -0.3 is 20.1 Å². The van der Waals surface area contributed by atoms with Crippen LogP contribution in [0.4, 0.5) is 5.69 Å². The Morgan fingerprint density at radius 2 is 2.15 bits per heavy atom. The number of anilines is 1. The molecule has 0 saturated carbocycles. The molecule has 1 heterocycles. The first-order valence-corrected chi connectivity index (χ1v) is 7.48. The van der Waals surface area contributed by atoms with Gasteiger partial charge in [0.25, 0.3) is 0 Å². The summed E-state index contributed by atoms with van der Waals surface area (Å²) in [5, 5.41) is 12.6. The summed E-state index contributed by atoms with van der Waals surface area (Å²) >= 11 is 0. The molecule has 112 valence electrons. The molecular weight excluding hydrogens is 252 g/mol. The van der Waals surface area contributed by atoms with Crippen LogP contribution in [0.3, 0.4) is 0 Å². The summed E-state index contributed by atoms with van der Waals surface area (Å²) in [4.78, 5) is 2.38. The molecule has 20 heavy (non-hydrogen) atoms. The van der Waals surface area contributed by atoms with Gasteiger partial charge in [0, 0.05) is 45.6 Å². The van der Waals surface area contributed by atoms with Crippen molar-refractivity contribution in [3.8, 4) is 0 Å². The second-order valence-electron chi connectivity index (χ2n) is 5.47. The normalized spacial score (nSPS) is 19.3. The molecule has 0 amide bonds. The first-order valence-electron chi connectivity index (χ1n) is 7.48. The Bertz CT molecular complexity index is 381. The molecule has 0 bridgehead atoms. The molecule has 1 unspecified atom stereocenters. The van der Waals surface area contributed by atoms with Crippen LogP contribution in [0.2, 0.25) is 0 Å². The number of methoxy groups -OCH3 is 1. The summed E-state index contributed by atoms with van der Waals surface area (Å²) in [6, 6.07) is 8.73. The van der Waals surface area contributed by atoms with Gasteiger partial charge in [0.05, 0.1) is 6.61 Å². The van der Waals surface area contributed by atoms with Crippen LogP contribution in [0.15, 0.2) is 24.3 Å². The minimum atomic E-state index is 0.304. The van der Waals surface area contributed by atoms with Gasteiger partial charge in [0.1, 0.15) is 0 Å². The fourth-order valence-electron chi connectivity index (χ4n) is 2.68. The molecule has 1 aromatic rings. The van der Waals surface area contributed by atoms with E-state index in [0.717, 1.165) is 39.2 Å². The molecule has 4 heteroatoms. The molecule has 0 radical (unpaired) electrons. The van der Waals surface area contributed by atoms with Crippen molar-refractivity contribution in [2.24, 2.45) is 5.92 Å². The van der Waals surface area contributed by atoms with E-state index in [1.807, 2.05) is 0 Å². The van der Waals surface area contributed by atoms with E-state index in [1.54, 1.807) is 7.11 Å². The van der Waals surface area contributed by atoms with Gasteiger partial charge >= 0.3 is 0 Å². The third-order valence-electron chi connectivity index (χ3n) is 3.89. The number of ether oxygens (including phenoxy) is 1. The van der Waals surface area contributed by atoms with E-state index in [-0.39, 0.29) is 0 Å². The zero-order valence-electron chi connectivity index (χ0n) is 12.3. The summed E-state index contributed by atoms with van der Waals surface area (Å²) < 4.78 is 5.01. The highest BCUT2D eigenvalue weighted by Crippen LogP contribution is 2.23. The minimum absolute atomic E-state index is 0.304. The Kier molecular flexibility index (Phi) is 6.30. The number of hydrogen-bond acceptors (Lipinski definition) is 4. The monoisotopic (exact) mass is 278 g/mol. The number of aliphatic hydroxyl groups is 1. The van der Waals surface area contributed by atoms with E-state index in [9.17, 15) is 5.11 Å². The Hall–Kier alpha value is -1.10. The van der Waals surface area contributed by atoms with E-state index in [4.69, 9.17) is 4.74 Å². The van der Waals surface area contributed by atoms with Crippen LogP contribution in [0.5, 0.6) is 0 Å². The third-order valence-corrected chi connectivity index (χ3v) is 3.89. The number of piperidine rings is 1. The topological polar surface area (TPSA) is 44.7 Å². The number of hydrogen-bond donors (Lipinski definition) is 2. The molecule has 1 atom stereocenters. The first kappa shape index (κ1) is 15.3. The number of benzene rings is 1. The van der Waals surface area contributed by atoms with Crippen molar-refractivity contribution in [3.63, 3.8) is 0 Å². The van der Waals surface area contributed by atoms with Gasteiger partial charge in [-0.25, -0.2) is 0 Å². The molecular formula is C16H26N2O2. The Morgan fingerprint density at radius 3 is 2.85 bits per heavy atom. The molecule has 2 N–H and O–H groups in total. The van der Waals surface area contributed by atoms with E-state index in [0.29, 0.717) is 12.5 Å². The molecule has 0 aliphatic carbocycles. The minimum Gasteiger partial charge on any atom is -0.396 e. The van der Waals surface area contributed by atoms with Crippen molar-refractivity contribution in [2.45, 2.75) is 19.4 Å². The quantitative estimate of drug-likeness (QED) is 0.744. The average Bonchev–Trinajstić information content (AvgIpc) is 2.52. The maximum Gasteiger partial charge on any atom is 0.0587 e. The zero-order chi connectivity index (χ0) is 14.2. The molecule has 1 aromatic carbocycles. The van der Waals surface area contributed by atoms with Crippen molar-refractivity contribution in [2.75, 3.05) is 44.9 Å². The third kappa shape index (κ3) is 4.47. The van der Waals surface area contributed by atoms with Crippen LogP contribution in [-0.2, 0) is 11.3 Å². The highest BCUT2D eigenvalue weighted by atomic mass is 16.5. The SMILES string of the molecule is COCCNCc1ccc(N2CCCC(CO)C2)cc1. The van der Waals surface area contributed by atoms with Crippen LogP contribution in [0.25, 0.3) is 0 Å². The lowest BCUT2D eigenvalue weighted by atomic mass is 9.98. The lowest BCUT2D eigenvalue weighted by molar-refractivity contribution is 0.199. The molecule has 0 spiro atoms. The molecule has 4 nitrogen and oxygen atoms in total. The van der Waals surface area contributed by atoms with Crippen LogP contribution >= 0.6 is 0 Å². The fraction of sp³-hybridized carbons (Fsp3) is 0.625. The predicted octanol–water partition coefficient (Wildman–Crippen LogP) is 1.63. The number of rotatable bonds is 7. The second-order valence-corrected chi connectivity index (χ2v) is 5.47. The Balaban J connectivity index is 1.84. The van der Waals surface area contributed by atoms with Gasteiger partial charge in [0.2, 0.25) is 0 Å². The summed E-state index contributed by atoms with van der Waals surface area (Å²) in [7, 11) is 1.72. The highest BCUT2D eigenvalue weighted by molar-refractivity contribution is 5.48. The summed E-state index contributed by atoms with van der Waals surface area (Å²) in [6.45, 7) is 4.88. The maximum atomic E-state index is 9.30. The standard InChI is InChI=1S/C16H26N2O2/c1-20-10-8-17-11-14-4-6-16(7-5-14)18-9-2-3-15(12-18)13-19/h4-7,15,17,19H,2-3,8-13H2,1H3. The van der Waals surface area contributed by atoms with Crippen LogP contribution in [-0.4, -0.2) is 45.1 Å². The van der Waals surface area contributed by atoms with E-state index in [2.05, 4.69) is 34.5 Å². The predicted molar refractivity (Wildman–Crippen MR) is 82.0 cm³/mol. The Morgan fingerprint density at radius 1 is 1.35 bits per heavy atom. The molecule has 1 saturated heterocycles. The molecule has 1 fully saturated rings. The van der Waals surface area contributed by atoms with Gasteiger partial charge in [-0.2, -0.15) is 0 Å². The molecule has 1 aliphatic heterocycles. The highest BCUT2D eigenvalue weighted by Gasteiger charge is 2.19. The van der Waals surface area contributed by atoms with Gasteiger partial charge in [0.15, 0.2) is 0 Å². The molecule has 2 rings (SSSR count). The van der Waals surface area contributed by atoms with Crippen molar-refractivity contribution < 1.29 is 9.84 Å². The largest absolute Gasteiger partial charge is 0.396 e.